The molecule has 1 aliphatic rings. The van der Waals surface area contributed by atoms with E-state index in [-0.39, 0.29) is 6.61 Å². The second kappa shape index (κ2) is 4.59. The summed E-state index contributed by atoms with van der Waals surface area (Å²) in [6.45, 7) is -0.373. The van der Waals surface area contributed by atoms with Crippen molar-refractivity contribution in [2.45, 2.75) is 29.9 Å². The van der Waals surface area contributed by atoms with E-state index < -0.39 is 29.9 Å². The van der Waals surface area contributed by atoms with Gasteiger partial charge in [0, 0.05) is 0 Å². The van der Waals surface area contributed by atoms with Gasteiger partial charge in [-0.1, -0.05) is 0 Å². The normalized spacial score (nSPS) is 46.4. The van der Waals surface area contributed by atoms with Crippen molar-refractivity contribution in [2.24, 2.45) is 0 Å². The zero-order chi connectivity index (χ0) is 10.0. The van der Waals surface area contributed by atoms with Crippen LogP contribution in [0.1, 0.15) is 0 Å². The Morgan fingerprint density at radius 1 is 1.15 bits per heavy atom. The Labute approximate surface area is 80.3 Å². The van der Waals surface area contributed by atoms with Gasteiger partial charge in [0.05, 0.1) is 6.61 Å². The quantitative estimate of drug-likeness (QED) is 0.428. The first-order chi connectivity index (χ1) is 6.11. The van der Waals surface area contributed by atoms with Gasteiger partial charge in [-0.2, -0.15) is 0 Å². The zero-order valence-electron chi connectivity index (χ0n) is 7.20. The van der Waals surface area contributed by atoms with Gasteiger partial charge < -0.3 is 25.2 Å². The van der Waals surface area contributed by atoms with Crippen LogP contribution in [0.15, 0.2) is 0 Å². The summed E-state index contributed by atoms with van der Waals surface area (Å²) in [5.74, 6) is 0. The molecule has 0 radical (unpaired) electrons. The van der Waals surface area contributed by atoms with Crippen LogP contribution in [-0.4, -0.2) is 63.1 Å². The molecule has 5 nitrogen and oxygen atoms in total. The van der Waals surface area contributed by atoms with Gasteiger partial charge in [-0.15, -0.1) is 11.8 Å². The van der Waals surface area contributed by atoms with Gasteiger partial charge in [0.25, 0.3) is 0 Å². The minimum absolute atomic E-state index is 0.373. The molecule has 1 heterocycles. The molecule has 0 bridgehead atoms. The third-order valence-corrected chi connectivity index (χ3v) is 2.94. The molecule has 0 saturated carbocycles. The summed E-state index contributed by atoms with van der Waals surface area (Å²) in [5.41, 5.74) is -0.601. The van der Waals surface area contributed by atoms with E-state index in [4.69, 9.17) is 9.84 Å². The highest BCUT2D eigenvalue weighted by Crippen LogP contribution is 2.26. The van der Waals surface area contributed by atoms with Gasteiger partial charge in [-0.3, -0.25) is 0 Å². The fraction of sp³-hybridized carbons (Fsp3) is 1.00. The largest absolute Gasteiger partial charge is 0.394 e. The number of hydrogen-bond donors (Lipinski definition) is 4. The average Bonchev–Trinajstić information content (AvgIpc) is 2.15. The maximum atomic E-state index is 9.38. The van der Waals surface area contributed by atoms with E-state index >= 15 is 0 Å². The molecular formula is C7H14O5S. The predicted octanol–water partition coefficient (Wildman–Crippen LogP) is -1.85. The number of aliphatic hydroxyl groups excluding tert-OH is 4. The monoisotopic (exact) mass is 210 g/mol. The van der Waals surface area contributed by atoms with Gasteiger partial charge in [-0.05, 0) is 6.26 Å². The fourth-order valence-electron chi connectivity index (χ4n) is 1.26. The Morgan fingerprint density at radius 3 is 2.23 bits per heavy atom. The number of ether oxygens (including phenoxy) is 1. The van der Waals surface area contributed by atoms with Crippen LogP contribution in [-0.2, 0) is 4.74 Å². The van der Waals surface area contributed by atoms with Gasteiger partial charge in [0.15, 0.2) is 0 Å². The molecule has 1 saturated heterocycles. The first-order valence-corrected chi connectivity index (χ1v) is 5.24. The summed E-state index contributed by atoms with van der Waals surface area (Å²) in [6.07, 6.45) is -2.72. The molecule has 0 aliphatic carbocycles. The topological polar surface area (TPSA) is 90.2 Å². The van der Waals surface area contributed by atoms with E-state index in [2.05, 4.69) is 0 Å². The lowest BCUT2D eigenvalue weighted by atomic mass is 10.0. The summed E-state index contributed by atoms with van der Waals surface area (Å²) in [6, 6.07) is 0. The van der Waals surface area contributed by atoms with Crippen LogP contribution in [0.4, 0.5) is 0 Å². The summed E-state index contributed by atoms with van der Waals surface area (Å²) in [5, 5.41) is 36.8. The summed E-state index contributed by atoms with van der Waals surface area (Å²) in [4.78, 5) is 0. The molecule has 5 atom stereocenters. The van der Waals surface area contributed by atoms with E-state index in [1.165, 1.54) is 11.8 Å². The van der Waals surface area contributed by atoms with Crippen molar-refractivity contribution in [3.05, 3.63) is 0 Å². The molecule has 1 aliphatic heterocycles. The Bertz CT molecular complexity index is 147. The van der Waals surface area contributed by atoms with E-state index in [0.717, 1.165) is 0 Å². The lowest BCUT2D eigenvalue weighted by molar-refractivity contribution is -0.205. The van der Waals surface area contributed by atoms with Crippen LogP contribution in [0.25, 0.3) is 0 Å². The minimum atomic E-state index is -1.26. The SMILES string of the molecule is CSC1O[C@H](CO)[C@@H](O)[C@H](O)[C@H]1O. The molecule has 1 unspecified atom stereocenters. The molecule has 0 spiro atoms. The predicted molar refractivity (Wildman–Crippen MR) is 47.3 cm³/mol. The minimum Gasteiger partial charge on any atom is -0.394 e. The van der Waals surface area contributed by atoms with Gasteiger partial charge in [0.2, 0.25) is 0 Å². The average molecular weight is 210 g/mol. The highest BCUT2D eigenvalue weighted by atomic mass is 32.2. The molecule has 4 N–H and O–H groups in total. The molecule has 1 fully saturated rings. The van der Waals surface area contributed by atoms with Crippen LogP contribution in [0.3, 0.4) is 0 Å². The maximum absolute atomic E-state index is 9.38. The molecule has 0 amide bonds. The lowest BCUT2D eigenvalue weighted by Gasteiger charge is -2.39. The van der Waals surface area contributed by atoms with Crippen LogP contribution in [0, 0.1) is 0 Å². The van der Waals surface area contributed by atoms with Crippen molar-refractivity contribution in [2.75, 3.05) is 12.9 Å². The zero-order valence-corrected chi connectivity index (χ0v) is 8.02. The second-order valence-electron chi connectivity index (χ2n) is 2.93. The highest BCUT2D eigenvalue weighted by Gasteiger charge is 2.42. The Morgan fingerprint density at radius 2 is 1.77 bits per heavy atom. The van der Waals surface area contributed by atoms with E-state index in [1.54, 1.807) is 6.26 Å². The first-order valence-electron chi connectivity index (χ1n) is 3.95. The number of hydrogen-bond acceptors (Lipinski definition) is 6. The van der Waals surface area contributed by atoms with Crippen molar-refractivity contribution in [3.63, 3.8) is 0 Å². The molecule has 0 aromatic heterocycles. The molecular weight excluding hydrogens is 196 g/mol. The van der Waals surface area contributed by atoms with Crippen molar-refractivity contribution in [1.82, 2.24) is 0 Å². The first kappa shape index (κ1) is 11.2. The van der Waals surface area contributed by atoms with Gasteiger partial charge in [0.1, 0.15) is 29.9 Å². The third kappa shape index (κ3) is 2.15. The second-order valence-corrected chi connectivity index (χ2v) is 3.87. The number of aliphatic hydroxyl groups is 4. The standard InChI is InChI=1S/C7H14O5S/c1-13-7-6(11)5(10)4(9)3(2-8)12-7/h3-11H,2H2,1H3/t3-,4-,5+,6-,7?/m1/s1. The van der Waals surface area contributed by atoms with Gasteiger partial charge >= 0.3 is 0 Å². The van der Waals surface area contributed by atoms with Gasteiger partial charge in [-0.25, -0.2) is 0 Å². The Kier molecular flexibility index (Phi) is 3.96. The summed E-state index contributed by atoms with van der Waals surface area (Å²) < 4.78 is 5.13. The number of rotatable bonds is 2. The molecule has 13 heavy (non-hydrogen) atoms. The van der Waals surface area contributed by atoms with E-state index in [0.29, 0.717) is 0 Å². The van der Waals surface area contributed by atoms with Crippen LogP contribution in [0.2, 0.25) is 0 Å². The number of thioether (sulfide) groups is 1. The fourth-order valence-corrected chi connectivity index (χ4v) is 1.96. The van der Waals surface area contributed by atoms with Crippen LogP contribution < -0.4 is 0 Å². The van der Waals surface area contributed by atoms with Crippen LogP contribution in [0.5, 0.6) is 0 Å². The van der Waals surface area contributed by atoms with E-state index in [9.17, 15) is 15.3 Å². The molecule has 1 rings (SSSR count). The van der Waals surface area contributed by atoms with Crippen molar-refractivity contribution >= 4 is 11.8 Å². The smallest absolute Gasteiger partial charge is 0.132 e. The molecule has 0 aromatic rings. The lowest BCUT2D eigenvalue weighted by Crippen LogP contribution is -2.57. The maximum Gasteiger partial charge on any atom is 0.132 e. The van der Waals surface area contributed by atoms with Crippen molar-refractivity contribution in [1.29, 1.82) is 0 Å². The highest BCUT2D eigenvalue weighted by molar-refractivity contribution is 7.99. The third-order valence-electron chi connectivity index (χ3n) is 2.08. The summed E-state index contributed by atoms with van der Waals surface area (Å²) in [7, 11) is 0. The van der Waals surface area contributed by atoms with E-state index in [1.807, 2.05) is 0 Å². The van der Waals surface area contributed by atoms with Crippen molar-refractivity contribution in [3.8, 4) is 0 Å². The molecule has 6 heteroatoms. The summed E-state index contributed by atoms with van der Waals surface area (Å²) >= 11 is 1.22. The molecule has 78 valence electrons. The Balaban J connectivity index is 2.66. The van der Waals surface area contributed by atoms with Crippen molar-refractivity contribution < 1.29 is 25.2 Å². The Hall–Kier alpha value is 0.150. The molecule has 0 aromatic carbocycles. The van der Waals surface area contributed by atoms with Crippen LogP contribution >= 0.6 is 11.8 Å².